The molecule has 2 aromatic carbocycles. The summed E-state index contributed by atoms with van der Waals surface area (Å²) in [6.45, 7) is 2.06. The van der Waals surface area contributed by atoms with Crippen LogP contribution in [0.3, 0.4) is 0 Å². The van der Waals surface area contributed by atoms with E-state index in [2.05, 4.69) is 25.1 Å². The highest BCUT2D eigenvalue weighted by molar-refractivity contribution is 5.68. The zero-order chi connectivity index (χ0) is 13.8. The van der Waals surface area contributed by atoms with Crippen molar-refractivity contribution in [3.8, 4) is 11.1 Å². The number of carbonyl (C=O) groups is 1. The molecule has 0 radical (unpaired) electrons. The van der Waals surface area contributed by atoms with E-state index >= 15 is 0 Å². The van der Waals surface area contributed by atoms with Gasteiger partial charge in [-0.2, -0.15) is 0 Å². The molecule has 2 aromatic rings. The molecule has 3 nitrogen and oxygen atoms in total. The molecule has 0 aliphatic rings. The average Bonchev–Trinajstić information content (AvgIpc) is 2.38. The van der Waals surface area contributed by atoms with E-state index in [1.54, 1.807) is 0 Å². The molecule has 98 valence electrons. The zero-order valence-electron chi connectivity index (χ0n) is 10.8. The summed E-state index contributed by atoms with van der Waals surface area (Å²) in [5.74, 6) is -0.879. The predicted molar refractivity (Wildman–Crippen MR) is 75.8 cm³/mol. The van der Waals surface area contributed by atoms with Crippen molar-refractivity contribution in [2.45, 2.75) is 19.4 Å². The maximum absolute atomic E-state index is 10.6. The number of nitrogens with two attached hydrogens (primary N) is 1. The van der Waals surface area contributed by atoms with Crippen molar-refractivity contribution in [1.29, 1.82) is 0 Å². The first-order valence-electron chi connectivity index (χ1n) is 6.20. The number of hydrogen-bond acceptors (Lipinski definition) is 2. The summed E-state index contributed by atoms with van der Waals surface area (Å²) < 4.78 is 0. The zero-order valence-corrected chi connectivity index (χ0v) is 10.8. The molecule has 0 bridgehead atoms. The number of rotatable bonds is 4. The SMILES string of the molecule is Cc1cccc(-c2ccc(C(N)CC(=O)O)cc2)c1. The second-order valence-corrected chi connectivity index (χ2v) is 4.70. The van der Waals surface area contributed by atoms with Gasteiger partial charge < -0.3 is 10.8 Å². The van der Waals surface area contributed by atoms with Gasteiger partial charge in [-0.1, -0.05) is 54.1 Å². The summed E-state index contributed by atoms with van der Waals surface area (Å²) in [7, 11) is 0. The molecule has 0 aromatic heterocycles. The number of carboxylic acid groups (broad SMARTS) is 1. The van der Waals surface area contributed by atoms with Crippen molar-refractivity contribution in [1.82, 2.24) is 0 Å². The lowest BCUT2D eigenvalue weighted by Gasteiger charge is -2.10. The lowest BCUT2D eigenvalue weighted by Crippen LogP contribution is -2.14. The summed E-state index contributed by atoms with van der Waals surface area (Å²) in [5.41, 5.74) is 10.1. The number of aryl methyl sites for hydroxylation is 1. The Morgan fingerprint density at radius 3 is 2.42 bits per heavy atom. The Morgan fingerprint density at radius 2 is 1.84 bits per heavy atom. The topological polar surface area (TPSA) is 63.3 Å². The first kappa shape index (κ1) is 13.3. The summed E-state index contributed by atoms with van der Waals surface area (Å²) in [4.78, 5) is 10.6. The second-order valence-electron chi connectivity index (χ2n) is 4.70. The minimum atomic E-state index is -0.879. The van der Waals surface area contributed by atoms with Crippen LogP contribution in [0.15, 0.2) is 48.5 Å². The van der Waals surface area contributed by atoms with Crippen LogP contribution in [0.25, 0.3) is 11.1 Å². The normalized spacial score (nSPS) is 12.1. The van der Waals surface area contributed by atoms with Crippen molar-refractivity contribution >= 4 is 5.97 Å². The van der Waals surface area contributed by atoms with Crippen LogP contribution in [0.5, 0.6) is 0 Å². The predicted octanol–water partition coefficient (Wildman–Crippen LogP) is 3.14. The third-order valence-corrected chi connectivity index (χ3v) is 3.08. The van der Waals surface area contributed by atoms with Crippen molar-refractivity contribution in [3.63, 3.8) is 0 Å². The van der Waals surface area contributed by atoms with Crippen molar-refractivity contribution in [2.75, 3.05) is 0 Å². The Hall–Kier alpha value is -2.13. The molecule has 0 aliphatic carbocycles. The van der Waals surface area contributed by atoms with Gasteiger partial charge in [0.1, 0.15) is 0 Å². The van der Waals surface area contributed by atoms with Crippen molar-refractivity contribution < 1.29 is 9.90 Å². The Balaban J connectivity index is 2.21. The summed E-state index contributed by atoms with van der Waals surface area (Å²) in [5, 5.41) is 8.73. The Kier molecular flexibility index (Phi) is 3.97. The average molecular weight is 255 g/mol. The van der Waals surface area contributed by atoms with Crippen molar-refractivity contribution in [2.24, 2.45) is 5.73 Å². The molecule has 0 spiro atoms. The summed E-state index contributed by atoms with van der Waals surface area (Å²) in [6, 6.07) is 15.5. The van der Waals surface area contributed by atoms with Gasteiger partial charge in [0.25, 0.3) is 0 Å². The Bertz CT molecular complexity index is 576. The van der Waals surface area contributed by atoms with E-state index in [1.807, 2.05) is 30.3 Å². The van der Waals surface area contributed by atoms with Crippen molar-refractivity contribution in [3.05, 3.63) is 59.7 Å². The molecule has 0 amide bonds. The van der Waals surface area contributed by atoms with E-state index in [4.69, 9.17) is 10.8 Å². The van der Waals surface area contributed by atoms with E-state index in [1.165, 1.54) is 5.56 Å². The van der Waals surface area contributed by atoms with E-state index in [0.717, 1.165) is 16.7 Å². The number of benzene rings is 2. The molecule has 0 fully saturated rings. The third-order valence-electron chi connectivity index (χ3n) is 3.08. The largest absolute Gasteiger partial charge is 0.481 e. The fraction of sp³-hybridized carbons (Fsp3) is 0.188. The molecule has 0 aliphatic heterocycles. The van der Waals surface area contributed by atoms with Gasteiger partial charge in [-0.25, -0.2) is 0 Å². The van der Waals surface area contributed by atoms with Gasteiger partial charge >= 0.3 is 5.97 Å². The highest BCUT2D eigenvalue weighted by Crippen LogP contribution is 2.23. The molecule has 3 N–H and O–H groups in total. The van der Waals surface area contributed by atoms with Crippen LogP contribution in [-0.2, 0) is 4.79 Å². The van der Waals surface area contributed by atoms with Crippen LogP contribution in [0.4, 0.5) is 0 Å². The smallest absolute Gasteiger partial charge is 0.305 e. The quantitative estimate of drug-likeness (QED) is 0.882. The van der Waals surface area contributed by atoms with Gasteiger partial charge in [0.2, 0.25) is 0 Å². The second kappa shape index (κ2) is 5.67. The van der Waals surface area contributed by atoms with Crippen LogP contribution in [0.2, 0.25) is 0 Å². The molecular weight excluding hydrogens is 238 g/mol. The third kappa shape index (κ3) is 3.42. The molecule has 2 rings (SSSR count). The van der Waals surface area contributed by atoms with E-state index in [-0.39, 0.29) is 6.42 Å². The first-order valence-corrected chi connectivity index (χ1v) is 6.20. The highest BCUT2D eigenvalue weighted by atomic mass is 16.4. The lowest BCUT2D eigenvalue weighted by molar-refractivity contribution is -0.137. The number of carboxylic acids is 1. The molecule has 1 unspecified atom stereocenters. The van der Waals surface area contributed by atoms with E-state index < -0.39 is 12.0 Å². The van der Waals surface area contributed by atoms with Crippen LogP contribution in [-0.4, -0.2) is 11.1 Å². The van der Waals surface area contributed by atoms with Gasteiger partial charge in [-0.05, 0) is 23.6 Å². The molecule has 0 heterocycles. The lowest BCUT2D eigenvalue weighted by atomic mass is 9.99. The Labute approximate surface area is 112 Å². The van der Waals surface area contributed by atoms with Gasteiger partial charge in [-0.15, -0.1) is 0 Å². The van der Waals surface area contributed by atoms with Gasteiger partial charge in [0.15, 0.2) is 0 Å². The monoisotopic (exact) mass is 255 g/mol. The fourth-order valence-corrected chi connectivity index (χ4v) is 2.05. The van der Waals surface area contributed by atoms with Gasteiger partial charge in [0.05, 0.1) is 6.42 Å². The van der Waals surface area contributed by atoms with E-state index in [9.17, 15) is 4.79 Å². The minimum absolute atomic E-state index is 0.0518. The maximum atomic E-state index is 10.6. The molecule has 3 heteroatoms. The Morgan fingerprint density at radius 1 is 1.16 bits per heavy atom. The van der Waals surface area contributed by atoms with Crippen LogP contribution in [0, 0.1) is 6.92 Å². The molecular formula is C16H17NO2. The van der Waals surface area contributed by atoms with Crippen LogP contribution in [0.1, 0.15) is 23.6 Å². The molecule has 0 saturated carbocycles. The van der Waals surface area contributed by atoms with Gasteiger partial charge in [-0.3, -0.25) is 4.79 Å². The summed E-state index contributed by atoms with van der Waals surface area (Å²) in [6.07, 6.45) is -0.0518. The molecule has 1 atom stereocenters. The summed E-state index contributed by atoms with van der Waals surface area (Å²) >= 11 is 0. The molecule has 19 heavy (non-hydrogen) atoms. The first-order chi connectivity index (χ1) is 9.06. The number of hydrogen-bond donors (Lipinski definition) is 2. The van der Waals surface area contributed by atoms with E-state index in [0.29, 0.717) is 0 Å². The highest BCUT2D eigenvalue weighted by Gasteiger charge is 2.10. The maximum Gasteiger partial charge on any atom is 0.305 e. The van der Waals surface area contributed by atoms with Crippen LogP contribution < -0.4 is 5.73 Å². The van der Waals surface area contributed by atoms with Gasteiger partial charge in [0, 0.05) is 6.04 Å². The fourth-order valence-electron chi connectivity index (χ4n) is 2.05. The van der Waals surface area contributed by atoms with Crippen LogP contribution >= 0.6 is 0 Å². The molecule has 0 saturated heterocycles. The minimum Gasteiger partial charge on any atom is -0.481 e. The number of aliphatic carboxylic acids is 1. The standard InChI is InChI=1S/C16H17NO2/c1-11-3-2-4-14(9-11)12-5-7-13(8-6-12)15(17)10-16(18)19/h2-9,15H,10,17H2,1H3,(H,18,19).